The molecule has 0 spiro atoms. The quantitative estimate of drug-likeness (QED) is 0.169. The lowest BCUT2D eigenvalue weighted by Crippen LogP contribution is -2.11. The Hall–Kier alpha value is -6.01. The summed E-state index contributed by atoms with van der Waals surface area (Å²) in [6, 6.07) is 30.2. The van der Waals surface area contributed by atoms with Crippen molar-refractivity contribution in [3.63, 3.8) is 0 Å². The third-order valence-corrected chi connectivity index (χ3v) is 10.1. The molecule has 6 aromatic carbocycles. The highest BCUT2D eigenvalue weighted by atomic mass is 19.4. The van der Waals surface area contributed by atoms with E-state index in [4.69, 9.17) is 0 Å². The molecule has 0 saturated heterocycles. The number of rotatable bonds is 3. The molecule has 0 bridgehead atoms. The van der Waals surface area contributed by atoms with Gasteiger partial charge in [0.25, 0.3) is 0 Å². The summed E-state index contributed by atoms with van der Waals surface area (Å²) in [7, 11) is 0. The maximum Gasteiger partial charge on any atom is 0.416 e. The molecule has 0 fully saturated rings. The molecule has 0 amide bonds. The van der Waals surface area contributed by atoms with E-state index in [0.29, 0.717) is 11.4 Å². The predicted molar refractivity (Wildman–Crippen MR) is 194 cm³/mol. The second kappa shape index (κ2) is 11.5. The van der Waals surface area contributed by atoms with Gasteiger partial charge in [-0.05, 0) is 116 Å². The van der Waals surface area contributed by atoms with Crippen LogP contribution in [0.5, 0.6) is 0 Å². The van der Waals surface area contributed by atoms with Crippen LogP contribution in [0.4, 0.5) is 26.3 Å². The molecule has 2 aromatic heterocycles. The molecule has 8 rings (SSSR count). The van der Waals surface area contributed by atoms with Gasteiger partial charge in [0.2, 0.25) is 0 Å². The molecule has 9 heteroatoms. The lowest BCUT2D eigenvalue weighted by Gasteiger charge is -2.20. The number of aromatic nitrogens is 2. The average molecular weight is 702 g/mol. The smallest absolute Gasteiger partial charge is 0.308 e. The number of hydrogen-bond donors (Lipinski definition) is 0. The highest BCUT2D eigenvalue weighted by Gasteiger charge is 2.37. The van der Waals surface area contributed by atoms with Crippen molar-refractivity contribution in [3.05, 3.63) is 142 Å². The molecule has 0 saturated carbocycles. The van der Waals surface area contributed by atoms with E-state index in [0.717, 1.165) is 78.0 Å². The van der Waals surface area contributed by atoms with Crippen molar-refractivity contribution in [2.24, 2.45) is 0 Å². The molecule has 0 aliphatic carbocycles. The van der Waals surface area contributed by atoms with Crippen LogP contribution in [0.1, 0.15) is 38.9 Å². The molecule has 8 aromatic rings. The number of alkyl halides is 6. The van der Waals surface area contributed by atoms with Gasteiger partial charge in [-0.3, -0.25) is 0 Å². The first-order valence-electron chi connectivity index (χ1n) is 16.6. The average Bonchev–Trinajstić information content (AvgIpc) is 3.62. The van der Waals surface area contributed by atoms with Crippen LogP contribution in [0.2, 0.25) is 0 Å². The standard InChI is InChI=1S/C43H29F6N3/c1-23-9-5-13-32-38(23)39-24(2)10-6-14-33(39)51(32)36-19-28(27-17-29(42(44,45)46)21-30(18-27)43(47,48)49)20-37(31(36)22-50)52-34-15-7-11-25(3)40(34)41-26(4)12-8-16-35(41)52/h5-21H,1-4H3. The second-order valence-corrected chi connectivity index (χ2v) is 13.3. The fourth-order valence-corrected chi connectivity index (χ4v) is 7.80. The molecular weight excluding hydrogens is 672 g/mol. The van der Waals surface area contributed by atoms with Gasteiger partial charge in [-0.2, -0.15) is 31.6 Å². The van der Waals surface area contributed by atoms with Crippen LogP contribution in [-0.4, -0.2) is 9.13 Å². The molecule has 0 aliphatic rings. The Morgan fingerprint density at radius 2 is 0.769 bits per heavy atom. The first-order chi connectivity index (χ1) is 24.7. The van der Waals surface area contributed by atoms with Crippen molar-refractivity contribution in [1.29, 1.82) is 5.26 Å². The Morgan fingerprint density at radius 3 is 1.06 bits per heavy atom. The van der Waals surface area contributed by atoms with Crippen molar-refractivity contribution in [2.75, 3.05) is 0 Å². The molecule has 0 N–H and O–H groups in total. The Balaban J connectivity index is 1.60. The number of fused-ring (bicyclic) bond motifs is 6. The summed E-state index contributed by atoms with van der Waals surface area (Å²) in [5, 5.41) is 14.8. The monoisotopic (exact) mass is 701 g/mol. The van der Waals surface area contributed by atoms with E-state index in [1.54, 1.807) is 0 Å². The molecule has 2 heterocycles. The lowest BCUT2D eigenvalue weighted by molar-refractivity contribution is -0.143. The first kappa shape index (κ1) is 33.2. The third kappa shape index (κ3) is 4.96. The van der Waals surface area contributed by atoms with E-state index in [2.05, 4.69) is 6.07 Å². The van der Waals surface area contributed by atoms with E-state index in [9.17, 15) is 31.6 Å². The second-order valence-electron chi connectivity index (χ2n) is 13.3. The molecule has 52 heavy (non-hydrogen) atoms. The van der Waals surface area contributed by atoms with Gasteiger partial charge >= 0.3 is 12.4 Å². The Morgan fingerprint density at radius 1 is 0.462 bits per heavy atom. The molecule has 258 valence electrons. The van der Waals surface area contributed by atoms with Crippen molar-refractivity contribution in [2.45, 2.75) is 40.0 Å². The number of benzene rings is 6. The van der Waals surface area contributed by atoms with Crippen LogP contribution in [0, 0.1) is 39.0 Å². The first-order valence-corrected chi connectivity index (χ1v) is 16.6. The lowest BCUT2D eigenvalue weighted by atomic mass is 9.96. The zero-order valence-corrected chi connectivity index (χ0v) is 28.4. The summed E-state index contributed by atoms with van der Waals surface area (Å²) < 4.78 is 89.0. The Kier molecular flexibility index (Phi) is 7.33. The number of nitriles is 1. The van der Waals surface area contributed by atoms with E-state index in [-0.39, 0.29) is 22.8 Å². The maximum atomic E-state index is 14.2. The molecular formula is C43H29F6N3. The van der Waals surface area contributed by atoms with Crippen LogP contribution in [-0.2, 0) is 12.4 Å². The Bertz CT molecular complexity index is 2530. The van der Waals surface area contributed by atoms with E-state index in [1.165, 1.54) is 12.1 Å². The fraction of sp³-hybridized carbons (Fsp3) is 0.140. The summed E-state index contributed by atoms with van der Waals surface area (Å²) in [5.41, 5.74) is 4.73. The largest absolute Gasteiger partial charge is 0.416 e. The fourth-order valence-electron chi connectivity index (χ4n) is 7.80. The van der Waals surface area contributed by atoms with Gasteiger partial charge in [0.05, 0.1) is 44.6 Å². The van der Waals surface area contributed by atoms with Crippen molar-refractivity contribution >= 4 is 43.6 Å². The van der Waals surface area contributed by atoms with Crippen molar-refractivity contribution < 1.29 is 26.3 Å². The van der Waals surface area contributed by atoms with E-state index < -0.39 is 23.5 Å². The van der Waals surface area contributed by atoms with Gasteiger partial charge in [-0.15, -0.1) is 0 Å². The van der Waals surface area contributed by atoms with E-state index >= 15 is 0 Å². The summed E-state index contributed by atoms with van der Waals surface area (Å²) in [4.78, 5) is 0. The SMILES string of the molecule is Cc1cccc2c1c1c(C)cccc1n2-c1cc(-c2cc(C(F)(F)F)cc(C(F)(F)F)c2)cc(-n2c3cccc(C)c3c3c(C)cccc32)c1C#N. The van der Waals surface area contributed by atoms with Crippen LogP contribution >= 0.6 is 0 Å². The topological polar surface area (TPSA) is 33.6 Å². The summed E-state index contributed by atoms with van der Waals surface area (Å²) >= 11 is 0. The predicted octanol–water partition coefficient (Wildman–Crippen LogP) is 12.7. The maximum absolute atomic E-state index is 14.2. The zero-order valence-electron chi connectivity index (χ0n) is 28.4. The van der Waals surface area contributed by atoms with Gasteiger partial charge in [-0.25, -0.2) is 0 Å². The van der Waals surface area contributed by atoms with Crippen LogP contribution in [0.15, 0.2) is 103 Å². The van der Waals surface area contributed by atoms with Gasteiger partial charge < -0.3 is 9.13 Å². The van der Waals surface area contributed by atoms with E-state index in [1.807, 2.05) is 110 Å². The molecule has 3 nitrogen and oxygen atoms in total. The number of halogens is 6. The summed E-state index contributed by atoms with van der Waals surface area (Å²) in [6.45, 7) is 7.93. The van der Waals surface area contributed by atoms with Gasteiger partial charge in [0, 0.05) is 21.5 Å². The normalized spacial score (nSPS) is 12.4. The van der Waals surface area contributed by atoms with Gasteiger partial charge in [0.15, 0.2) is 0 Å². The number of nitrogens with zero attached hydrogens (tertiary/aromatic N) is 3. The minimum absolute atomic E-state index is 0.0891. The summed E-state index contributed by atoms with van der Waals surface area (Å²) in [6.07, 6.45) is -10.1. The molecule has 0 aliphatic heterocycles. The van der Waals surface area contributed by atoms with Gasteiger partial charge in [0.1, 0.15) is 11.6 Å². The Labute approximate surface area is 294 Å². The molecule has 0 radical (unpaired) electrons. The highest BCUT2D eigenvalue weighted by Crippen LogP contribution is 2.44. The van der Waals surface area contributed by atoms with Crippen molar-refractivity contribution in [3.8, 4) is 28.6 Å². The zero-order chi connectivity index (χ0) is 36.9. The van der Waals surface area contributed by atoms with Gasteiger partial charge in [-0.1, -0.05) is 48.5 Å². The van der Waals surface area contributed by atoms with Crippen LogP contribution in [0.25, 0.3) is 66.1 Å². The third-order valence-electron chi connectivity index (χ3n) is 10.1. The molecule has 0 unspecified atom stereocenters. The summed E-state index contributed by atoms with van der Waals surface area (Å²) in [5.74, 6) is 0. The highest BCUT2D eigenvalue weighted by molar-refractivity contribution is 6.14. The number of hydrogen-bond acceptors (Lipinski definition) is 1. The van der Waals surface area contributed by atoms with Crippen LogP contribution < -0.4 is 0 Å². The minimum Gasteiger partial charge on any atom is -0.308 e. The molecule has 0 atom stereocenters. The van der Waals surface area contributed by atoms with Crippen LogP contribution in [0.3, 0.4) is 0 Å². The number of aryl methyl sites for hydroxylation is 4. The minimum atomic E-state index is -5.04. The van der Waals surface area contributed by atoms with Crippen molar-refractivity contribution in [1.82, 2.24) is 9.13 Å².